The number of nitrogens with one attached hydrogen (secondary N) is 2. The molecule has 2 N–H and O–H groups in total. The van der Waals surface area contributed by atoms with Crippen molar-refractivity contribution in [2.75, 3.05) is 19.0 Å². The first-order chi connectivity index (χ1) is 19.9. The summed E-state index contributed by atoms with van der Waals surface area (Å²) in [5.74, 6) is 0.158. The third kappa shape index (κ3) is 6.09. The summed E-state index contributed by atoms with van der Waals surface area (Å²) in [6.45, 7) is 1.69. The zero-order valence-corrected chi connectivity index (χ0v) is 22.6. The molecule has 0 aliphatic rings. The number of carbonyl (C=O) groups excluding carboxylic acids is 2. The van der Waals surface area contributed by atoms with Crippen LogP contribution in [0.4, 0.5) is 5.69 Å². The van der Waals surface area contributed by atoms with Gasteiger partial charge in [0.1, 0.15) is 6.54 Å². The van der Waals surface area contributed by atoms with Crippen LogP contribution in [0, 0.1) is 6.92 Å². The van der Waals surface area contributed by atoms with Crippen molar-refractivity contribution in [2.24, 2.45) is 5.10 Å². The van der Waals surface area contributed by atoms with Crippen LogP contribution < -0.4 is 25.6 Å². The lowest BCUT2D eigenvalue weighted by Gasteiger charge is -2.14. The average Bonchev–Trinajstić information content (AvgIpc) is 2.99. The van der Waals surface area contributed by atoms with Crippen LogP contribution >= 0.6 is 0 Å². The van der Waals surface area contributed by atoms with E-state index >= 15 is 0 Å². The van der Waals surface area contributed by atoms with Crippen molar-refractivity contribution >= 4 is 45.5 Å². The number of carbonyl (C=O) groups is 2. The first kappa shape index (κ1) is 27.1. The maximum Gasteiger partial charge on any atom is 0.262 e. The van der Waals surface area contributed by atoms with Gasteiger partial charge in [-0.3, -0.25) is 14.4 Å². The summed E-state index contributed by atoms with van der Waals surface area (Å²) < 4.78 is 12.9. The zero-order valence-electron chi connectivity index (χ0n) is 22.6. The lowest BCUT2D eigenvalue weighted by molar-refractivity contribution is -0.121. The highest BCUT2D eigenvalue weighted by molar-refractivity contribution is 5.95. The molecule has 5 rings (SSSR count). The van der Waals surface area contributed by atoms with Crippen LogP contribution in [0.3, 0.4) is 0 Å². The van der Waals surface area contributed by atoms with Crippen LogP contribution in [0.25, 0.3) is 21.8 Å². The Balaban J connectivity index is 1.24. The Morgan fingerprint density at radius 1 is 0.854 bits per heavy atom. The van der Waals surface area contributed by atoms with Crippen molar-refractivity contribution in [1.82, 2.24) is 9.99 Å². The largest absolute Gasteiger partial charge is 0.493 e. The average molecular weight is 549 g/mol. The van der Waals surface area contributed by atoms with Gasteiger partial charge in [-0.2, -0.15) is 5.10 Å². The lowest BCUT2D eigenvalue weighted by Crippen LogP contribution is -2.25. The summed E-state index contributed by atoms with van der Waals surface area (Å²) in [6, 6.07) is 27.0. The molecule has 0 fully saturated rings. The molecule has 0 aliphatic carbocycles. The van der Waals surface area contributed by atoms with E-state index in [-0.39, 0.29) is 30.4 Å². The molecule has 4 aromatic carbocycles. The number of aromatic nitrogens is 1. The highest BCUT2D eigenvalue weighted by Gasteiger charge is 2.13. The van der Waals surface area contributed by atoms with Gasteiger partial charge in [0.2, 0.25) is 0 Å². The Morgan fingerprint density at radius 2 is 1.51 bits per heavy atom. The van der Waals surface area contributed by atoms with Gasteiger partial charge in [-0.25, -0.2) is 5.43 Å². The summed E-state index contributed by atoms with van der Waals surface area (Å²) in [5.41, 5.74) is 6.15. The highest BCUT2D eigenvalue weighted by atomic mass is 16.5. The summed E-state index contributed by atoms with van der Waals surface area (Å²) in [4.78, 5) is 38.1. The number of fused-ring (bicyclic) bond motifs is 2. The van der Waals surface area contributed by atoms with Crippen molar-refractivity contribution in [3.63, 3.8) is 0 Å². The highest BCUT2D eigenvalue weighted by Crippen LogP contribution is 2.27. The maximum absolute atomic E-state index is 12.9. The first-order valence-electron chi connectivity index (χ1n) is 12.9. The van der Waals surface area contributed by atoms with Crippen LogP contribution in [-0.4, -0.2) is 36.3 Å². The molecule has 0 unspecified atom stereocenters. The number of hydrazone groups is 1. The van der Waals surface area contributed by atoms with E-state index in [9.17, 15) is 14.4 Å². The predicted molar refractivity (Wildman–Crippen MR) is 160 cm³/mol. The Bertz CT molecular complexity index is 1780. The molecule has 5 aromatic rings. The van der Waals surface area contributed by atoms with Crippen molar-refractivity contribution < 1.29 is 19.1 Å². The molecule has 0 saturated carbocycles. The number of benzene rings is 4. The fraction of sp³-hybridized carbons (Fsp3) is 0.125. The summed E-state index contributed by atoms with van der Waals surface area (Å²) in [6.07, 6.45) is 1.48. The minimum absolute atomic E-state index is 0.0285. The Morgan fingerprint density at radius 3 is 2.20 bits per heavy atom. The van der Waals surface area contributed by atoms with Crippen LogP contribution in [0.15, 0.2) is 101 Å². The zero-order chi connectivity index (χ0) is 28.8. The monoisotopic (exact) mass is 548 g/mol. The molecule has 206 valence electrons. The van der Waals surface area contributed by atoms with Gasteiger partial charge in [-0.1, -0.05) is 42.5 Å². The van der Waals surface area contributed by atoms with Crippen LogP contribution in [0.1, 0.15) is 11.1 Å². The smallest absolute Gasteiger partial charge is 0.262 e. The lowest BCUT2D eigenvalue weighted by atomic mass is 10.1. The van der Waals surface area contributed by atoms with Gasteiger partial charge in [0.25, 0.3) is 11.8 Å². The number of methoxy groups -OCH3 is 1. The third-order valence-electron chi connectivity index (χ3n) is 6.55. The third-order valence-corrected chi connectivity index (χ3v) is 6.55. The molecule has 1 aromatic heterocycles. The second-order valence-corrected chi connectivity index (χ2v) is 9.30. The van der Waals surface area contributed by atoms with Gasteiger partial charge in [-0.15, -0.1) is 0 Å². The molecule has 0 aliphatic heterocycles. The van der Waals surface area contributed by atoms with Crippen LogP contribution in [0.5, 0.6) is 11.5 Å². The number of nitrogens with zero attached hydrogens (tertiary/aromatic N) is 2. The van der Waals surface area contributed by atoms with Crippen molar-refractivity contribution in [2.45, 2.75) is 13.5 Å². The molecule has 2 amide bonds. The topological polar surface area (TPSA) is 111 Å². The number of aryl methyl sites for hydroxylation is 1. The second-order valence-electron chi connectivity index (χ2n) is 9.30. The molecular weight excluding hydrogens is 520 g/mol. The maximum atomic E-state index is 12.9. The molecule has 9 heteroatoms. The Hall–Kier alpha value is -5.44. The molecule has 41 heavy (non-hydrogen) atoms. The Kier molecular flexibility index (Phi) is 8.05. The quantitative estimate of drug-likeness (QED) is 0.158. The predicted octanol–water partition coefficient (Wildman–Crippen LogP) is 4.64. The number of anilines is 1. The van der Waals surface area contributed by atoms with Gasteiger partial charge >= 0.3 is 0 Å². The van der Waals surface area contributed by atoms with Crippen molar-refractivity contribution in [3.8, 4) is 11.5 Å². The van der Waals surface area contributed by atoms with E-state index in [1.807, 2.05) is 55.5 Å². The van der Waals surface area contributed by atoms with Gasteiger partial charge in [0, 0.05) is 16.5 Å². The summed E-state index contributed by atoms with van der Waals surface area (Å²) >= 11 is 0. The molecule has 0 saturated heterocycles. The molecule has 1 heterocycles. The van der Waals surface area contributed by atoms with Gasteiger partial charge in [0.15, 0.2) is 23.5 Å². The SMILES string of the molecule is COc1cc(/C=N/NC(=O)Cn2c3ccccc3c(=O)c3ccccc32)ccc1OCC(=O)Nc1ccccc1C. The normalized spacial score (nSPS) is 11.1. The van der Waals surface area contributed by atoms with Crippen molar-refractivity contribution in [3.05, 3.63) is 112 Å². The minimum Gasteiger partial charge on any atom is -0.493 e. The van der Waals surface area contributed by atoms with E-state index < -0.39 is 0 Å². The summed E-state index contributed by atoms with van der Waals surface area (Å²) in [5, 5.41) is 8.01. The van der Waals surface area contributed by atoms with Gasteiger partial charge < -0.3 is 19.4 Å². The first-order valence-corrected chi connectivity index (χ1v) is 12.9. The molecule has 0 spiro atoms. The van der Waals surface area contributed by atoms with Crippen molar-refractivity contribution in [1.29, 1.82) is 0 Å². The number of para-hydroxylation sites is 3. The van der Waals surface area contributed by atoms with Gasteiger partial charge in [-0.05, 0) is 66.6 Å². The second kappa shape index (κ2) is 12.2. The molecular formula is C32H28N4O5. The molecule has 0 radical (unpaired) electrons. The fourth-order valence-corrected chi connectivity index (χ4v) is 4.53. The van der Waals surface area contributed by atoms with Crippen LogP contribution in [-0.2, 0) is 16.1 Å². The number of hydrogen-bond acceptors (Lipinski definition) is 6. The van der Waals surface area contributed by atoms with E-state index in [4.69, 9.17) is 9.47 Å². The number of rotatable bonds is 9. The van der Waals surface area contributed by atoms with E-state index in [1.165, 1.54) is 13.3 Å². The Labute approximate surface area is 236 Å². The van der Waals surface area contributed by atoms with Crippen LogP contribution in [0.2, 0.25) is 0 Å². The van der Waals surface area contributed by atoms with E-state index in [2.05, 4.69) is 15.8 Å². The number of hydrogen-bond donors (Lipinski definition) is 2. The fourth-order valence-electron chi connectivity index (χ4n) is 4.53. The van der Waals surface area contributed by atoms with E-state index in [1.54, 1.807) is 47.0 Å². The summed E-state index contributed by atoms with van der Waals surface area (Å²) in [7, 11) is 1.50. The molecule has 0 bridgehead atoms. The molecule has 9 nitrogen and oxygen atoms in total. The molecule has 0 atom stereocenters. The number of amides is 2. The standard InChI is InChI=1S/C32H28N4O5/c1-21-9-3-6-12-25(21)34-31(38)20-41-28-16-15-22(17-29(28)40-2)18-33-35-30(37)19-36-26-13-7-4-10-23(26)32(39)24-11-5-8-14-27(24)36/h3-18H,19-20H2,1-2H3,(H,34,38)(H,35,37)/b33-18+. The van der Waals surface area contributed by atoms with E-state index in [0.29, 0.717) is 38.9 Å². The van der Waals surface area contributed by atoms with Gasteiger partial charge in [0.05, 0.1) is 24.4 Å². The number of pyridine rings is 1. The number of ether oxygens (including phenoxy) is 2. The van der Waals surface area contributed by atoms with E-state index in [0.717, 1.165) is 11.3 Å². The minimum atomic E-state index is -0.355.